The van der Waals surface area contributed by atoms with E-state index in [1.54, 1.807) is 23.5 Å². The Labute approximate surface area is 157 Å². The number of morpholine rings is 1. The molecule has 1 aromatic carbocycles. The van der Waals surface area contributed by atoms with E-state index >= 15 is 0 Å². The molecule has 1 saturated heterocycles. The zero-order valence-corrected chi connectivity index (χ0v) is 16.1. The zero-order valence-electron chi connectivity index (χ0n) is 14.5. The molecule has 1 N–H and O–H groups in total. The van der Waals surface area contributed by atoms with Crippen LogP contribution in [-0.4, -0.2) is 49.2 Å². The molecular weight excluding hydrogens is 356 g/mol. The van der Waals surface area contributed by atoms with Gasteiger partial charge in [-0.3, -0.25) is 9.69 Å². The van der Waals surface area contributed by atoms with Gasteiger partial charge in [0.2, 0.25) is 5.91 Å². The Hall–Kier alpha value is -1.40. The van der Waals surface area contributed by atoms with Crippen molar-refractivity contribution < 1.29 is 9.53 Å². The largest absolute Gasteiger partial charge is 0.379 e. The first-order valence-corrected chi connectivity index (χ1v) is 9.73. The summed E-state index contributed by atoms with van der Waals surface area (Å²) >= 11 is 8.00. The van der Waals surface area contributed by atoms with E-state index in [9.17, 15) is 4.79 Å². The van der Waals surface area contributed by atoms with Gasteiger partial charge in [-0.05, 0) is 26.0 Å². The monoisotopic (exact) mass is 378 g/mol. The Morgan fingerprint density at radius 3 is 2.76 bits per heavy atom. The van der Waals surface area contributed by atoms with Gasteiger partial charge in [-0.15, -0.1) is 11.3 Å². The third-order valence-electron chi connectivity index (χ3n) is 4.66. The van der Waals surface area contributed by atoms with Crippen molar-refractivity contribution in [3.05, 3.63) is 40.2 Å². The molecule has 1 aliphatic rings. The lowest BCUT2D eigenvalue weighted by Crippen LogP contribution is -2.51. The number of carbonyl (C=O) groups excluding carboxylic acids is 1. The highest BCUT2D eigenvalue weighted by atomic mass is 35.5. The number of benzene rings is 1. The molecular formula is C19H23ClN2O2S. The van der Waals surface area contributed by atoms with Gasteiger partial charge in [0.1, 0.15) is 0 Å². The molecule has 0 spiro atoms. The summed E-state index contributed by atoms with van der Waals surface area (Å²) in [5, 5.41) is 4.79. The summed E-state index contributed by atoms with van der Waals surface area (Å²) < 4.78 is 6.51. The van der Waals surface area contributed by atoms with E-state index in [0.29, 0.717) is 5.02 Å². The predicted molar refractivity (Wildman–Crippen MR) is 105 cm³/mol. The number of halogens is 1. The molecule has 1 fully saturated rings. The van der Waals surface area contributed by atoms with Gasteiger partial charge >= 0.3 is 0 Å². The molecule has 134 valence electrons. The summed E-state index contributed by atoms with van der Waals surface area (Å²) in [6.45, 7) is 7.52. The van der Waals surface area contributed by atoms with Gasteiger partial charge in [-0.2, -0.15) is 0 Å². The van der Waals surface area contributed by atoms with Crippen LogP contribution in [0.3, 0.4) is 0 Å². The van der Waals surface area contributed by atoms with Crippen molar-refractivity contribution >= 4 is 45.0 Å². The van der Waals surface area contributed by atoms with Crippen molar-refractivity contribution in [1.82, 2.24) is 10.2 Å². The first kappa shape index (κ1) is 18.4. The van der Waals surface area contributed by atoms with Crippen molar-refractivity contribution in [3.63, 3.8) is 0 Å². The van der Waals surface area contributed by atoms with Crippen molar-refractivity contribution in [3.8, 4) is 0 Å². The third-order valence-corrected chi connectivity index (χ3v) is 6.32. The summed E-state index contributed by atoms with van der Waals surface area (Å²) in [5.74, 6) is -0.0962. The highest BCUT2D eigenvalue weighted by Gasteiger charge is 2.22. The second-order valence-corrected chi connectivity index (χ2v) is 7.76. The van der Waals surface area contributed by atoms with Gasteiger partial charge in [0.05, 0.1) is 18.2 Å². The zero-order chi connectivity index (χ0) is 17.8. The van der Waals surface area contributed by atoms with Crippen LogP contribution in [0.15, 0.2) is 30.3 Å². The molecule has 2 unspecified atom stereocenters. The Morgan fingerprint density at radius 1 is 1.32 bits per heavy atom. The number of thiophene rings is 1. The second-order valence-electron chi connectivity index (χ2n) is 6.30. The molecule has 25 heavy (non-hydrogen) atoms. The van der Waals surface area contributed by atoms with Crippen LogP contribution in [0.5, 0.6) is 0 Å². The molecule has 0 saturated carbocycles. The fourth-order valence-corrected chi connectivity index (χ4v) is 4.38. The molecule has 0 bridgehead atoms. The first-order valence-electron chi connectivity index (χ1n) is 8.53. The number of rotatable bonds is 5. The van der Waals surface area contributed by atoms with Gasteiger partial charge in [0.15, 0.2) is 0 Å². The highest BCUT2D eigenvalue weighted by Crippen LogP contribution is 2.35. The quantitative estimate of drug-likeness (QED) is 0.805. The number of carbonyl (C=O) groups is 1. The van der Waals surface area contributed by atoms with Crippen molar-refractivity contribution in [2.75, 3.05) is 26.3 Å². The van der Waals surface area contributed by atoms with Crippen LogP contribution >= 0.6 is 22.9 Å². The Morgan fingerprint density at radius 2 is 2.04 bits per heavy atom. The molecule has 1 aromatic heterocycles. The number of fused-ring (bicyclic) bond motifs is 1. The number of hydrogen-bond donors (Lipinski definition) is 1. The minimum Gasteiger partial charge on any atom is -0.379 e. The Balaban J connectivity index is 1.61. The van der Waals surface area contributed by atoms with E-state index in [1.165, 1.54) is 0 Å². The number of amides is 1. The normalized spacial score (nSPS) is 18.5. The van der Waals surface area contributed by atoms with Gasteiger partial charge in [0.25, 0.3) is 0 Å². The Bertz CT molecular complexity index is 768. The topological polar surface area (TPSA) is 41.6 Å². The van der Waals surface area contributed by atoms with E-state index in [1.807, 2.05) is 31.2 Å². The fourth-order valence-electron chi connectivity index (χ4n) is 2.99. The lowest BCUT2D eigenvalue weighted by Gasteiger charge is -2.35. The van der Waals surface area contributed by atoms with Crippen LogP contribution in [0.2, 0.25) is 5.02 Å². The summed E-state index contributed by atoms with van der Waals surface area (Å²) in [4.78, 5) is 15.5. The smallest absolute Gasteiger partial charge is 0.244 e. The lowest BCUT2D eigenvalue weighted by atomic mass is 10.1. The second kappa shape index (κ2) is 8.32. The molecule has 1 aliphatic heterocycles. The van der Waals surface area contributed by atoms with E-state index in [0.717, 1.165) is 41.3 Å². The Kier molecular flexibility index (Phi) is 6.12. The van der Waals surface area contributed by atoms with Crippen LogP contribution in [-0.2, 0) is 9.53 Å². The van der Waals surface area contributed by atoms with E-state index in [2.05, 4.69) is 17.1 Å². The van der Waals surface area contributed by atoms with Crippen LogP contribution in [0, 0.1) is 0 Å². The SMILES string of the molecule is CC(NC(=O)/C=C/c1sc2ccccc2c1Cl)C(C)N1CCOCC1. The molecule has 0 aliphatic carbocycles. The fraction of sp³-hybridized carbons (Fsp3) is 0.421. The van der Waals surface area contributed by atoms with E-state index in [-0.39, 0.29) is 18.0 Å². The summed E-state index contributed by atoms with van der Waals surface area (Å²) in [7, 11) is 0. The van der Waals surface area contributed by atoms with Gasteiger partial charge in [-0.25, -0.2) is 0 Å². The predicted octanol–water partition coefficient (Wildman–Crippen LogP) is 3.79. The van der Waals surface area contributed by atoms with Gasteiger partial charge in [-0.1, -0.05) is 29.8 Å². The third kappa shape index (κ3) is 4.42. The maximum Gasteiger partial charge on any atom is 0.244 e. The van der Waals surface area contributed by atoms with Crippen LogP contribution in [0.25, 0.3) is 16.2 Å². The average molecular weight is 379 g/mol. The van der Waals surface area contributed by atoms with Crippen molar-refractivity contribution in [2.45, 2.75) is 25.9 Å². The number of nitrogens with one attached hydrogen (secondary N) is 1. The molecule has 1 amide bonds. The van der Waals surface area contributed by atoms with Gasteiger partial charge < -0.3 is 10.1 Å². The summed E-state index contributed by atoms with van der Waals surface area (Å²) in [6.07, 6.45) is 3.37. The number of ether oxygens (including phenoxy) is 1. The van der Waals surface area contributed by atoms with Crippen molar-refractivity contribution in [2.24, 2.45) is 0 Å². The summed E-state index contributed by atoms with van der Waals surface area (Å²) in [5.41, 5.74) is 0. The maximum atomic E-state index is 12.3. The van der Waals surface area contributed by atoms with Crippen LogP contribution in [0.1, 0.15) is 18.7 Å². The lowest BCUT2D eigenvalue weighted by molar-refractivity contribution is -0.117. The standard InChI is InChI=1S/C19H23ClN2O2S/c1-13(14(2)22-9-11-24-12-10-22)21-18(23)8-7-17-19(20)15-5-3-4-6-16(15)25-17/h3-8,13-14H,9-12H2,1-2H3,(H,21,23)/b8-7+. The number of nitrogens with zero attached hydrogens (tertiary/aromatic N) is 1. The molecule has 0 radical (unpaired) electrons. The molecule has 4 nitrogen and oxygen atoms in total. The molecule has 6 heteroatoms. The number of hydrogen-bond acceptors (Lipinski definition) is 4. The van der Waals surface area contributed by atoms with Crippen LogP contribution in [0.4, 0.5) is 0 Å². The highest BCUT2D eigenvalue weighted by molar-refractivity contribution is 7.20. The molecule has 2 aromatic rings. The van der Waals surface area contributed by atoms with Crippen LogP contribution < -0.4 is 5.32 Å². The van der Waals surface area contributed by atoms with Crippen molar-refractivity contribution in [1.29, 1.82) is 0 Å². The molecule has 3 rings (SSSR count). The summed E-state index contributed by atoms with van der Waals surface area (Å²) in [6, 6.07) is 8.33. The minimum atomic E-state index is -0.0962. The van der Waals surface area contributed by atoms with E-state index < -0.39 is 0 Å². The molecule has 2 heterocycles. The first-order chi connectivity index (χ1) is 12.1. The van der Waals surface area contributed by atoms with E-state index in [4.69, 9.17) is 16.3 Å². The minimum absolute atomic E-state index is 0.0631. The molecule has 2 atom stereocenters. The van der Waals surface area contributed by atoms with Gasteiger partial charge in [0, 0.05) is 46.2 Å². The average Bonchev–Trinajstić information content (AvgIpc) is 2.96. The maximum absolute atomic E-state index is 12.3.